The highest BCUT2D eigenvalue weighted by Gasteiger charge is 2.39. The van der Waals surface area contributed by atoms with Crippen LogP contribution in [-0.4, -0.2) is 45.3 Å². The third-order valence-corrected chi connectivity index (χ3v) is 10.9. The van der Waals surface area contributed by atoms with E-state index >= 15 is 0 Å². The van der Waals surface area contributed by atoms with E-state index in [1.807, 2.05) is 64.1 Å². The zero-order valence-electron chi connectivity index (χ0n) is 30.2. The number of alkyl halides is 4. The lowest BCUT2D eigenvalue weighted by molar-refractivity contribution is -0.130. The van der Waals surface area contributed by atoms with Crippen molar-refractivity contribution in [3.63, 3.8) is 0 Å². The van der Waals surface area contributed by atoms with Crippen LogP contribution in [0.2, 0.25) is 0 Å². The SMILES string of the molecule is CC(C)[C@H](NC(=O)C1CCC(F)(F)CC1)C1=Nc2ccc(C#CC#Cc3ccc4nc([C@@H](CC(=O)C5CCC(F)(F)CC5)C(C)C)[nH]c4c3)cc2C1. The molecule has 2 heterocycles. The molecule has 6 nitrogen and oxygen atoms in total. The molecule has 0 saturated heterocycles. The van der Waals surface area contributed by atoms with Crippen LogP contribution in [0.1, 0.15) is 114 Å². The molecule has 0 radical (unpaired) electrons. The number of nitrogens with zero attached hydrogens (tertiary/aromatic N) is 2. The first kappa shape index (κ1) is 37.3. The van der Waals surface area contributed by atoms with Crippen molar-refractivity contribution in [1.82, 2.24) is 15.3 Å². The van der Waals surface area contributed by atoms with E-state index in [1.54, 1.807) is 0 Å². The first-order valence-corrected chi connectivity index (χ1v) is 18.5. The van der Waals surface area contributed by atoms with Gasteiger partial charge in [-0.25, -0.2) is 22.5 Å². The Morgan fingerprint density at radius 2 is 1.44 bits per heavy atom. The summed E-state index contributed by atoms with van der Waals surface area (Å²) in [6, 6.07) is 11.2. The lowest BCUT2D eigenvalue weighted by Crippen LogP contribution is -2.47. The molecule has 10 heteroatoms. The number of halogens is 4. The molecule has 3 aromatic rings. The third-order valence-electron chi connectivity index (χ3n) is 10.9. The van der Waals surface area contributed by atoms with Gasteiger partial charge in [-0.05, 0) is 91.3 Å². The van der Waals surface area contributed by atoms with E-state index in [0.29, 0.717) is 12.2 Å². The van der Waals surface area contributed by atoms with Gasteiger partial charge < -0.3 is 10.3 Å². The van der Waals surface area contributed by atoms with Crippen LogP contribution in [0.4, 0.5) is 23.2 Å². The molecule has 274 valence electrons. The molecule has 2 saturated carbocycles. The first-order valence-electron chi connectivity index (χ1n) is 18.5. The predicted octanol–water partition coefficient (Wildman–Crippen LogP) is 9.09. The van der Waals surface area contributed by atoms with Crippen molar-refractivity contribution in [1.29, 1.82) is 0 Å². The van der Waals surface area contributed by atoms with Crippen molar-refractivity contribution in [2.75, 3.05) is 0 Å². The van der Waals surface area contributed by atoms with Crippen molar-refractivity contribution in [2.45, 2.75) is 116 Å². The lowest BCUT2D eigenvalue weighted by Gasteiger charge is -2.30. The number of rotatable bonds is 9. The van der Waals surface area contributed by atoms with Crippen LogP contribution in [0, 0.1) is 47.4 Å². The average molecular weight is 715 g/mol. The van der Waals surface area contributed by atoms with Gasteiger partial charge in [0, 0.05) is 73.1 Å². The summed E-state index contributed by atoms with van der Waals surface area (Å²) in [6.45, 7) is 8.11. The molecular weight excluding hydrogens is 668 g/mol. The maximum absolute atomic E-state index is 13.6. The number of nitrogens with one attached hydrogen (secondary N) is 2. The smallest absolute Gasteiger partial charge is 0.248 e. The summed E-state index contributed by atoms with van der Waals surface area (Å²) in [5.74, 6) is 6.66. The van der Waals surface area contributed by atoms with E-state index in [-0.39, 0.29) is 99.2 Å². The second-order valence-corrected chi connectivity index (χ2v) is 15.5. The molecule has 0 spiro atoms. The molecule has 2 aliphatic carbocycles. The minimum absolute atomic E-state index is 0.0350. The van der Waals surface area contributed by atoms with Gasteiger partial charge in [-0.3, -0.25) is 14.6 Å². The van der Waals surface area contributed by atoms with E-state index in [1.165, 1.54) is 0 Å². The summed E-state index contributed by atoms with van der Waals surface area (Å²) in [7, 11) is 0. The van der Waals surface area contributed by atoms with Crippen molar-refractivity contribution in [3.05, 3.63) is 58.9 Å². The lowest BCUT2D eigenvalue weighted by atomic mass is 9.79. The fourth-order valence-electron chi connectivity index (χ4n) is 7.57. The Balaban J connectivity index is 1.07. The second kappa shape index (κ2) is 15.3. The molecule has 2 fully saturated rings. The van der Waals surface area contributed by atoms with Crippen molar-refractivity contribution < 1.29 is 27.2 Å². The fourth-order valence-corrected chi connectivity index (χ4v) is 7.57. The van der Waals surface area contributed by atoms with Crippen LogP contribution >= 0.6 is 0 Å². The highest BCUT2D eigenvalue weighted by Crippen LogP contribution is 2.39. The number of carbonyl (C=O) groups is 2. The number of aliphatic imine (C=N–C) groups is 1. The Hall–Kier alpha value is -4.44. The molecule has 6 rings (SSSR count). The van der Waals surface area contributed by atoms with E-state index in [0.717, 1.165) is 39.1 Å². The third kappa shape index (κ3) is 8.95. The minimum atomic E-state index is -2.68. The summed E-state index contributed by atoms with van der Waals surface area (Å²) in [6.07, 6.45) is 0.745. The van der Waals surface area contributed by atoms with Crippen molar-refractivity contribution in [2.24, 2.45) is 28.7 Å². The van der Waals surface area contributed by atoms with Gasteiger partial charge in [-0.2, -0.15) is 0 Å². The monoisotopic (exact) mass is 714 g/mol. The number of aromatic nitrogens is 2. The van der Waals surface area contributed by atoms with Gasteiger partial charge in [-0.1, -0.05) is 39.5 Å². The van der Waals surface area contributed by atoms with Crippen LogP contribution in [0.3, 0.4) is 0 Å². The number of imidazole rings is 1. The minimum Gasteiger partial charge on any atom is -0.348 e. The van der Waals surface area contributed by atoms with Crippen LogP contribution in [0.25, 0.3) is 11.0 Å². The Bertz CT molecular complexity index is 1970. The van der Waals surface area contributed by atoms with E-state index < -0.39 is 17.8 Å². The van der Waals surface area contributed by atoms with Crippen LogP contribution < -0.4 is 5.32 Å². The van der Waals surface area contributed by atoms with Crippen LogP contribution in [0.5, 0.6) is 0 Å². The first-order chi connectivity index (χ1) is 24.7. The number of carbonyl (C=O) groups excluding carboxylic acids is 2. The summed E-state index contributed by atoms with van der Waals surface area (Å²) in [5.41, 5.74) is 5.81. The number of aromatic amines is 1. The highest BCUT2D eigenvalue weighted by atomic mass is 19.3. The molecule has 3 aliphatic rings. The van der Waals surface area contributed by atoms with Gasteiger partial charge in [0.2, 0.25) is 17.8 Å². The Kier molecular flexibility index (Phi) is 11.0. The maximum Gasteiger partial charge on any atom is 0.248 e. The normalized spacial score (nSPS) is 19.6. The topological polar surface area (TPSA) is 87.2 Å². The average Bonchev–Trinajstić information content (AvgIpc) is 3.71. The van der Waals surface area contributed by atoms with Crippen molar-refractivity contribution in [3.8, 4) is 23.7 Å². The van der Waals surface area contributed by atoms with Gasteiger partial charge in [0.25, 0.3) is 0 Å². The molecule has 0 bridgehead atoms. The molecule has 2 atom stereocenters. The number of ketones is 1. The maximum atomic E-state index is 13.6. The zero-order chi connectivity index (χ0) is 37.2. The van der Waals surface area contributed by atoms with Crippen LogP contribution in [-0.2, 0) is 16.0 Å². The van der Waals surface area contributed by atoms with Gasteiger partial charge >= 0.3 is 0 Å². The second-order valence-electron chi connectivity index (χ2n) is 15.5. The van der Waals surface area contributed by atoms with Gasteiger partial charge in [-0.15, -0.1) is 0 Å². The molecule has 52 heavy (non-hydrogen) atoms. The standard InChI is InChI=1S/C42H46F4N4O2/c1-25(2)32(24-37(51)29-13-17-41(43,44)18-14-29)39-48-34-12-10-28(22-35(34)49-39)8-6-5-7-27-9-11-33-31(21-27)23-36(47-33)38(26(3)4)50-40(52)30-15-19-42(45,46)20-16-30/h9-12,21-22,25-26,29-30,32,38H,13-20,23-24H2,1-4H3,(H,48,49)(H,50,52)/t32-,38-/m0/s1. The molecule has 2 aromatic carbocycles. The largest absolute Gasteiger partial charge is 0.348 e. The number of hydrogen-bond donors (Lipinski definition) is 2. The summed E-state index contributed by atoms with van der Waals surface area (Å²) >= 11 is 0. The van der Waals surface area contributed by atoms with Crippen molar-refractivity contribution >= 4 is 34.1 Å². The summed E-state index contributed by atoms with van der Waals surface area (Å²) in [5, 5.41) is 3.11. The number of hydrogen-bond acceptors (Lipinski definition) is 4. The number of benzene rings is 2. The Morgan fingerprint density at radius 3 is 2.06 bits per heavy atom. The highest BCUT2D eigenvalue weighted by molar-refractivity contribution is 6.00. The number of H-pyrrole nitrogens is 1. The molecule has 1 aromatic heterocycles. The molecule has 1 amide bonds. The van der Waals surface area contributed by atoms with Crippen LogP contribution in [0.15, 0.2) is 41.4 Å². The van der Waals surface area contributed by atoms with Gasteiger partial charge in [0.05, 0.1) is 22.8 Å². The predicted molar refractivity (Wildman–Crippen MR) is 195 cm³/mol. The zero-order valence-corrected chi connectivity index (χ0v) is 30.2. The molecular formula is C42H46F4N4O2. The van der Waals surface area contributed by atoms with E-state index in [9.17, 15) is 27.2 Å². The number of amides is 1. The summed E-state index contributed by atoms with van der Waals surface area (Å²) < 4.78 is 54.5. The fraction of sp³-hybridized carbons (Fsp3) is 0.524. The Morgan fingerprint density at radius 1 is 0.846 bits per heavy atom. The van der Waals surface area contributed by atoms with E-state index in [2.05, 4.69) is 34.0 Å². The van der Waals surface area contributed by atoms with Gasteiger partial charge in [0.15, 0.2) is 0 Å². The number of fused-ring (bicyclic) bond motifs is 2. The molecule has 0 unspecified atom stereocenters. The van der Waals surface area contributed by atoms with E-state index in [4.69, 9.17) is 9.98 Å². The quantitative estimate of drug-likeness (QED) is 0.171. The van der Waals surface area contributed by atoms with Gasteiger partial charge in [0.1, 0.15) is 11.6 Å². The summed E-state index contributed by atoms with van der Waals surface area (Å²) in [4.78, 5) is 39.0. The molecule has 1 aliphatic heterocycles. The Labute approximate surface area is 303 Å². The molecule has 2 N–H and O–H groups in total. The number of Topliss-reactive ketones (excluding diaryl/α,β-unsaturated/α-hetero) is 1.